The highest BCUT2D eigenvalue weighted by molar-refractivity contribution is 7.90. The summed E-state index contributed by atoms with van der Waals surface area (Å²) in [5, 5.41) is 7.16. The van der Waals surface area contributed by atoms with Gasteiger partial charge in [-0.05, 0) is 24.3 Å². The van der Waals surface area contributed by atoms with E-state index in [0.717, 1.165) is 18.4 Å². The van der Waals surface area contributed by atoms with Crippen molar-refractivity contribution in [2.24, 2.45) is 5.92 Å². The number of aromatic nitrogens is 2. The van der Waals surface area contributed by atoms with Crippen molar-refractivity contribution in [1.29, 1.82) is 0 Å². The number of hydrogen-bond donors (Lipinski definition) is 1. The van der Waals surface area contributed by atoms with Gasteiger partial charge in [-0.25, -0.2) is 8.42 Å². The fraction of sp³-hybridized carbons (Fsp3) is 0.412. The van der Waals surface area contributed by atoms with E-state index in [1.54, 1.807) is 17.1 Å². The molecular formula is C17H21N3O3S. The maximum absolute atomic E-state index is 12.2. The molecule has 0 aliphatic heterocycles. The van der Waals surface area contributed by atoms with Gasteiger partial charge < -0.3 is 5.32 Å². The van der Waals surface area contributed by atoms with Crippen molar-refractivity contribution in [2.75, 3.05) is 12.0 Å². The fourth-order valence-electron chi connectivity index (χ4n) is 3.02. The van der Waals surface area contributed by atoms with Gasteiger partial charge in [0.15, 0.2) is 0 Å². The van der Waals surface area contributed by atoms with Gasteiger partial charge in [-0.2, -0.15) is 5.10 Å². The zero-order chi connectivity index (χ0) is 17.2. The number of carbonyl (C=O) groups is 1. The van der Waals surface area contributed by atoms with Crippen LogP contribution in [-0.2, 0) is 16.4 Å². The lowest BCUT2D eigenvalue weighted by Crippen LogP contribution is -2.46. The second kappa shape index (κ2) is 6.76. The number of sulfone groups is 1. The number of amides is 1. The van der Waals surface area contributed by atoms with E-state index in [9.17, 15) is 13.2 Å². The van der Waals surface area contributed by atoms with Crippen LogP contribution in [0.4, 0.5) is 0 Å². The van der Waals surface area contributed by atoms with Crippen LogP contribution >= 0.6 is 0 Å². The highest BCUT2D eigenvalue weighted by atomic mass is 32.2. The monoisotopic (exact) mass is 347 g/mol. The first-order valence-corrected chi connectivity index (χ1v) is 10.00. The molecule has 2 aromatic rings. The van der Waals surface area contributed by atoms with E-state index in [2.05, 4.69) is 10.4 Å². The van der Waals surface area contributed by atoms with Crippen molar-refractivity contribution >= 4 is 15.7 Å². The lowest BCUT2D eigenvalue weighted by molar-refractivity contribution is 0.0897. The Hall–Kier alpha value is -2.15. The summed E-state index contributed by atoms with van der Waals surface area (Å²) < 4.78 is 24.2. The summed E-state index contributed by atoms with van der Waals surface area (Å²) in [6.45, 7) is 0.619. The Kier molecular flexibility index (Phi) is 4.71. The maximum atomic E-state index is 12.2. The van der Waals surface area contributed by atoms with Crippen molar-refractivity contribution in [3.63, 3.8) is 0 Å². The van der Waals surface area contributed by atoms with Crippen molar-refractivity contribution < 1.29 is 13.2 Å². The van der Waals surface area contributed by atoms with E-state index < -0.39 is 9.84 Å². The van der Waals surface area contributed by atoms with Crippen LogP contribution in [0.3, 0.4) is 0 Å². The van der Waals surface area contributed by atoms with Crippen LogP contribution in [0.25, 0.3) is 0 Å². The van der Waals surface area contributed by atoms with E-state index >= 15 is 0 Å². The molecule has 128 valence electrons. The Morgan fingerprint density at radius 2 is 2.00 bits per heavy atom. The molecule has 0 spiro atoms. The molecule has 1 N–H and O–H groups in total. The minimum absolute atomic E-state index is 0.0572. The lowest BCUT2D eigenvalue weighted by Gasteiger charge is -2.35. The molecule has 0 atom stereocenters. The predicted molar refractivity (Wildman–Crippen MR) is 91.5 cm³/mol. The van der Waals surface area contributed by atoms with Crippen LogP contribution in [0, 0.1) is 5.92 Å². The summed E-state index contributed by atoms with van der Waals surface area (Å²) in [4.78, 5) is 12.2. The van der Waals surface area contributed by atoms with E-state index in [1.807, 2.05) is 30.3 Å². The van der Waals surface area contributed by atoms with Crippen LogP contribution in [0.5, 0.6) is 0 Å². The standard InChI is InChI=1S/C17H21N3O3S/c1-24(22,23)12-14-7-16(8-14)19-17(21)15-9-18-20(11-15)10-13-5-3-2-4-6-13/h2-6,9,11,14,16H,7-8,10,12H2,1H3,(H,19,21). The Balaban J connectivity index is 1.50. The molecule has 1 amide bonds. The lowest BCUT2D eigenvalue weighted by atomic mass is 9.81. The van der Waals surface area contributed by atoms with Gasteiger partial charge in [-0.15, -0.1) is 0 Å². The first-order chi connectivity index (χ1) is 11.4. The number of carbonyl (C=O) groups excluding carboxylic acids is 1. The molecule has 1 aliphatic carbocycles. The first kappa shape index (κ1) is 16.7. The summed E-state index contributed by atoms with van der Waals surface area (Å²) >= 11 is 0. The Bertz CT molecular complexity index is 809. The van der Waals surface area contributed by atoms with Crippen LogP contribution < -0.4 is 5.32 Å². The molecule has 1 fully saturated rings. The van der Waals surface area contributed by atoms with E-state index in [-0.39, 0.29) is 23.6 Å². The number of nitrogens with one attached hydrogen (secondary N) is 1. The van der Waals surface area contributed by atoms with Crippen molar-refractivity contribution in [3.05, 3.63) is 53.9 Å². The third-order valence-electron chi connectivity index (χ3n) is 4.19. The third kappa shape index (κ3) is 4.44. The van der Waals surface area contributed by atoms with E-state index in [0.29, 0.717) is 12.1 Å². The van der Waals surface area contributed by atoms with E-state index in [4.69, 9.17) is 0 Å². The molecule has 1 aromatic carbocycles. The number of rotatable bonds is 6. The highest BCUT2D eigenvalue weighted by Gasteiger charge is 2.32. The average Bonchev–Trinajstić information content (AvgIpc) is 2.93. The molecule has 1 heterocycles. The molecule has 1 saturated carbocycles. The summed E-state index contributed by atoms with van der Waals surface area (Å²) in [5.74, 6) is 0.206. The number of nitrogens with zero attached hydrogens (tertiary/aromatic N) is 2. The molecule has 6 nitrogen and oxygen atoms in total. The number of hydrogen-bond acceptors (Lipinski definition) is 4. The van der Waals surface area contributed by atoms with Gasteiger partial charge in [0.1, 0.15) is 9.84 Å². The first-order valence-electron chi connectivity index (χ1n) is 7.94. The number of benzene rings is 1. The molecule has 24 heavy (non-hydrogen) atoms. The highest BCUT2D eigenvalue weighted by Crippen LogP contribution is 2.28. The molecule has 7 heteroatoms. The Morgan fingerprint density at radius 1 is 1.29 bits per heavy atom. The van der Waals surface area contributed by atoms with Crippen LogP contribution in [0.2, 0.25) is 0 Å². The van der Waals surface area contributed by atoms with Crippen LogP contribution in [-0.4, -0.2) is 42.2 Å². The summed E-state index contributed by atoms with van der Waals surface area (Å²) in [7, 11) is -2.94. The van der Waals surface area contributed by atoms with Gasteiger partial charge >= 0.3 is 0 Å². The van der Waals surface area contributed by atoms with Crippen molar-refractivity contribution in [3.8, 4) is 0 Å². The minimum Gasteiger partial charge on any atom is -0.349 e. The van der Waals surface area contributed by atoms with Gasteiger partial charge in [0, 0.05) is 18.5 Å². The summed E-state index contributed by atoms with van der Waals surface area (Å²) in [5.41, 5.74) is 1.65. The molecular weight excluding hydrogens is 326 g/mol. The van der Waals surface area contributed by atoms with Crippen molar-refractivity contribution in [1.82, 2.24) is 15.1 Å². The Labute approximate surface area is 141 Å². The molecule has 1 aromatic heterocycles. The zero-order valence-corrected chi connectivity index (χ0v) is 14.4. The quantitative estimate of drug-likeness (QED) is 0.858. The van der Waals surface area contributed by atoms with Crippen molar-refractivity contribution in [2.45, 2.75) is 25.4 Å². The smallest absolute Gasteiger partial charge is 0.254 e. The van der Waals surface area contributed by atoms with Gasteiger partial charge in [0.2, 0.25) is 0 Å². The Morgan fingerprint density at radius 3 is 2.67 bits per heavy atom. The van der Waals surface area contributed by atoms with E-state index in [1.165, 1.54) is 6.26 Å². The fourth-order valence-corrected chi connectivity index (χ4v) is 4.15. The maximum Gasteiger partial charge on any atom is 0.254 e. The predicted octanol–water partition coefficient (Wildman–Crippen LogP) is 1.48. The molecule has 0 unspecified atom stereocenters. The van der Waals surface area contributed by atoms with Gasteiger partial charge in [-0.1, -0.05) is 30.3 Å². The molecule has 1 aliphatic rings. The normalized spacial score (nSPS) is 20.4. The molecule has 0 bridgehead atoms. The van der Waals surface area contributed by atoms with Gasteiger partial charge in [-0.3, -0.25) is 9.48 Å². The topological polar surface area (TPSA) is 81.1 Å². The molecule has 0 radical (unpaired) electrons. The van der Waals surface area contributed by atoms with Crippen LogP contribution in [0.1, 0.15) is 28.8 Å². The molecule has 0 saturated heterocycles. The zero-order valence-electron chi connectivity index (χ0n) is 13.6. The minimum atomic E-state index is -2.94. The third-order valence-corrected chi connectivity index (χ3v) is 5.27. The SMILES string of the molecule is CS(=O)(=O)CC1CC(NC(=O)c2cnn(Cc3ccccc3)c2)C1. The second-order valence-corrected chi connectivity index (χ2v) is 8.70. The van der Waals surface area contributed by atoms with Gasteiger partial charge in [0.25, 0.3) is 5.91 Å². The molecule has 3 rings (SSSR count). The summed E-state index contributed by atoms with van der Waals surface area (Å²) in [6, 6.07) is 9.98. The average molecular weight is 347 g/mol. The second-order valence-electron chi connectivity index (χ2n) is 6.51. The summed E-state index contributed by atoms with van der Waals surface area (Å²) in [6.07, 6.45) is 5.98. The van der Waals surface area contributed by atoms with Crippen LogP contribution in [0.15, 0.2) is 42.7 Å². The van der Waals surface area contributed by atoms with Gasteiger partial charge in [0.05, 0.1) is 24.1 Å². The largest absolute Gasteiger partial charge is 0.349 e.